The van der Waals surface area contributed by atoms with E-state index < -0.39 is 0 Å². The van der Waals surface area contributed by atoms with Crippen LogP contribution in [0.1, 0.15) is 25.0 Å². The minimum absolute atomic E-state index is 0.123. The lowest BCUT2D eigenvalue weighted by Crippen LogP contribution is -2.15. The summed E-state index contributed by atoms with van der Waals surface area (Å²) in [7, 11) is 0. The van der Waals surface area contributed by atoms with Crippen molar-refractivity contribution in [3.05, 3.63) is 503 Å². The molecule has 6 nitrogen and oxygen atoms in total. The van der Waals surface area contributed by atoms with Crippen LogP contribution < -0.4 is 0 Å². The van der Waals surface area contributed by atoms with Crippen molar-refractivity contribution in [2.75, 3.05) is 0 Å². The quantitative estimate of drug-likeness (QED) is 0.137. The van der Waals surface area contributed by atoms with E-state index in [1.807, 2.05) is 0 Å². The third kappa shape index (κ3) is 13.1. The van der Waals surface area contributed by atoms with Gasteiger partial charge in [0.15, 0.2) is 0 Å². The van der Waals surface area contributed by atoms with Crippen molar-refractivity contribution in [1.29, 1.82) is 0 Å². The predicted molar refractivity (Wildman–Crippen MR) is 582 cm³/mol. The van der Waals surface area contributed by atoms with Gasteiger partial charge in [-0.25, -0.2) is 4.98 Å². The number of pyridine rings is 1. The number of furan rings is 1. The van der Waals surface area contributed by atoms with E-state index in [4.69, 9.17) is 9.40 Å². The van der Waals surface area contributed by atoms with Gasteiger partial charge >= 0.3 is 0 Å². The van der Waals surface area contributed by atoms with Gasteiger partial charge in [-0.15, -0.1) is 0 Å². The molecule has 1 aliphatic carbocycles. The van der Waals surface area contributed by atoms with Gasteiger partial charge in [-0.05, 0) is 242 Å². The molecule has 0 unspecified atom stereocenters. The minimum atomic E-state index is -0.123. The highest BCUT2D eigenvalue weighted by Gasteiger charge is 2.38. The molecule has 646 valence electrons. The van der Waals surface area contributed by atoms with E-state index in [2.05, 4.69) is 523 Å². The highest BCUT2D eigenvalue weighted by molar-refractivity contribution is 6.26. The molecule has 6 aromatic heterocycles. The van der Waals surface area contributed by atoms with Crippen molar-refractivity contribution in [2.45, 2.75) is 19.3 Å². The van der Waals surface area contributed by atoms with Crippen LogP contribution in [-0.4, -0.2) is 23.3 Å². The summed E-state index contributed by atoms with van der Waals surface area (Å²) in [6, 6.07) is 178. The number of fused-ring (bicyclic) bond motifs is 24. The van der Waals surface area contributed by atoms with E-state index in [1.165, 1.54) is 203 Å². The van der Waals surface area contributed by atoms with Crippen LogP contribution in [0.5, 0.6) is 0 Å². The summed E-state index contributed by atoms with van der Waals surface area (Å²) in [5, 5.41) is 22.2. The number of benzene rings is 22. The van der Waals surface area contributed by atoms with E-state index in [9.17, 15) is 0 Å². The zero-order valence-corrected chi connectivity index (χ0v) is 75.9. The Labute approximate surface area is 797 Å². The largest absolute Gasteiger partial charge is 0.456 e. The van der Waals surface area contributed by atoms with Crippen molar-refractivity contribution in [3.63, 3.8) is 0 Å². The average molecular weight is 1760 g/mol. The number of hydrogen-bond donors (Lipinski definition) is 0. The van der Waals surface area contributed by atoms with Crippen LogP contribution in [0.25, 0.3) is 253 Å². The van der Waals surface area contributed by atoms with Crippen LogP contribution in [0, 0.1) is 0 Å². The Morgan fingerprint density at radius 3 is 1.20 bits per heavy atom. The third-order valence-electron chi connectivity index (χ3n) is 29.0. The molecule has 0 N–H and O–H groups in total. The zero-order valence-electron chi connectivity index (χ0n) is 75.9. The fourth-order valence-corrected chi connectivity index (χ4v) is 22.4. The van der Waals surface area contributed by atoms with Gasteiger partial charge in [-0.1, -0.05) is 378 Å². The number of nitrogens with zero attached hydrogens (tertiary/aromatic N) is 5. The summed E-state index contributed by atoms with van der Waals surface area (Å²) in [5.41, 5.74) is 34.5. The van der Waals surface area contributed by atoms with Crippen molar-refractivity contribution in [3.8, 4) is 101 Å². The smallest absolute Gasteiger partial charge is 0.138 e. The molecule has 0 amide bonds. The Balaban J connectivity index is 0.000000105. The first kappa shape index (κ1) is 79.7. The van der Waals surface area contributed by atoms with E-state index in [0.717, 1.165) is 61.4 Å². The molecule has 0 atom stereocenters. The molecule has 0 spiro atoms. The maximum absolute atomic E-state index is 6.46. The monoisotopic (exact) mass is 1760 g/mol. The first-order chi connectivity index (χ1) is 68.2. The van der Waals surface area contributed by atoms with E-state index >= 15 is 0 Å². The summed E-state index contributed by atoms with van der Waals surface area (Å²) in [5.74, 6) is 0.887. The summed E-state index contributed by atoms with van der Waals surface area (Å²) in [6.45, 7) is 4.77. The number of para-hydroxylation sites is 2. The Hall–Kier alpha value is -18.0. The molecular weight excluding hydrogens is 1670 g/mol. The van der Waals surface area contributed by atoms with Crippen molar-refractivity contribution >= 4 is 152 Å². The van der Waals surface area contributed by atoms with Crippen molar-refractivity contribution in [1.82, 2.24) is 23.3 Å². The van der Waals surface area contributed by atoms with Gasteiger partial charge in [-0.3, -0.25) is 4.57 Å². The minimum Gasteiger partial charge on any atom is -0.456 e. The Bertz CT molecular complexity index is 9790. The molecule has 0 fully saturated rings. The maximum Gasteiger partial charge on any atom is 0.138 e. The van der Waals surface area contributed by atoms with Crippen LogP contribution in [0.15, 0.2) is 496 Å². The predicted octanol–water partition coefficient (Wildman–Crippen LogP) is 35.7. The van der Waals surface area contributed by atoms with E-state index in [1.54, 1.807) is 0 Å². The van der Waals surface area contributed by atoms with Crippen molar-refractivity contribution in [2.24, 2.45) is 0 Å². The normalized spacial score (nSPS) is 12.3. The Kier molecular flexibility index (Phi) is 18.6. The van der Waals surface area contributed by atoms with Gasteiger partial charge < -0.3 is 18.1 Å². The maximum atomic E-state index is 6.46. The Morgan fingerprint density at radius 1 is 0.196 bits per heavy atom. The second-order valence-electron chi connectivity index (χ2n) is 37.2. The van der Waals surface area contributed by atoms with Crippen LogP contribution in [-0.2, 0) is 5.41 Å². The Morgan fingerprint density at radius 2 is 0.580 bits per heavy atom. The molecule has 29 rings (SSSR count). The molecule has 0 radical (unpaired) electrons. The number of hydrogen-bond acceptors (Lipinski definition) is 2. The summed E-state index contributed by atoms with van der Waals surface area (Å²) < 4.78 is 16.1. The van der Waals surface area contributed by atoms with Crippen LogP contribution >= 0.6 is 0 Å². The molecule has 6 heteroatoms. The highest BCUT2D eigenvalue weighted by atomic mass is 16.3. The lowest BCUT2D eigenvalue weighted by Gasteiger charge is -2.22. The average Bonchev–Trinajstić information content (AvgIpc) is 1.52. The van der Waals surface area contributed by atoms with Crippen LogP contribution in [0.4, 0.5) is 0 Å². The molecule has 28 aromatic rings. The third-order valence-corrected chi connectivity index (χ3v) is 29.0. The van der Waals surface area contributed by atoms with E-state index in [0.29, 0.717) is 0 Å². The van der Waals surface area contributed by atoms with Gasteiger partial charge in [-0.2, -0.15) is 0 Å². The molecule has 0 saturated carbocycles. The molecular formula is C132H87N5O. The van der Waals surface area contributed by atoms with Gasteiger partial charge in [0.2, 0.25) is 0 Å². The second kappa shape index (κ2) is 32.2. The molecule has 22 aromatic carbocycles. The van der Waals surface area contributed by atoms with Gasteiger partial charge in [0, 0.05) is 88.0 Å². The first-order valence-corrected chi connectivity index (χ1v) is 47.6. The molecule has 0 aliphatic heterocycles. The molecule has 0 saturated heterocycles. The number of rotatable bonds is 10. The van der Waals surface area contributed by atoms with Crippen LogP contribution in [0.2, 0.25) is 0 Å². The summed E-state index contributed by atoms with van der Waals surface area (Å²) in [6.07, 6.45) is 0. The lowest BCUT2D eigenvalue weighted by atomic mass is 9.82. The fourth-order valence-electron chi connectivity index (χ4n) is 22.4. The van der Waals surface area contributed by atoms with E-state index in [-0.39, 0.29) is 5.41 Å². The fraction of sp³-hybridized carbons (Fsp3) is 0.0227. The van der Waals surface area contributed by atoms with Gasteiger partial charge in [0.05, 0.1) is 49.8 Å². The molecule has 138 heavy (non-hydrogen) atoms. The standard InChI is InChI=1S/C49H35N.C46H30N2.C37H22N2O/c1-49(2)44-26-24-36-16-9-10-19-40(36)48(44)43-30-42-41-29-38(33-14-7-4-8-15-33)25-27-46(41)50(47(42)31-45(43)49)39-18-11-17-37(28-39)35-22-20-34(21-23-35)32-12-5-3-6-13-32;1-3-13-31(14-4-1)34-18-11-20-36(27-34)47-42-24-10-9-23-39(42)40-29-45-41(30-44(40)47)46-38-22-8-7-17-33(38)25-26-43(46)48(45)37-21-12-19-35(28-37)32-15-5-2-6-16-32;1-2-11-25-20-35-30(19-24(25)10-1)31-21-29-28-14-5-6-17-33(28)39(34(29)22-36(31)40-35)37-18-8-16-32(38-37)27-15-7-12-23-9-3-4-13-26(23)27/h3-31H,1-2H3;1-30H;1-22H. The molecule has 6 heterocycles. The zero-order chi connectivity index (χ0) is 91.2. The number of aromatic nitrogens is 5. The second-order valence-corrected chi connectivity index (χ2v) is 37.2. The van der Waals surface area contributed by atoms with Gasteiger partial charge in [0.1, 0.15) is 17.0 Å². The molecule has 1 aliphatic rings. The van der Waals surface area contributed by atoms with Crippen molar-refractivity contribution < 1.29 is 4.42 Å². The summed E-state index contributed by atoms with van der Waals surface area (Å²) >= 11 is 0. The topological polar surface area (TPSA) is 45.8 Å². The summed E-state index contributed by atoms with van der Waals surface area (Å²) in [4.78, 5) is 5.23. The highest BCUT2D eigenvalue weighted by Crippen LogP contribution is 2.55. The lowest BCUT2D eigenvalue weighted by molar-refractivity contribution is 0.661. The van der Waals surface area contributed by atoms with Crippen LogP contribution in [0.3, 0.4) is 0 Å². The SMILES string of the molecule is CC1(C)c2cc3c(cc2-c2c1ccc1ccccc21)c1cc(-c2ccccc2)ccc1n3-c1cccc(-c2ccc(-c3ccccc3)cc2)c1.c1cc(-c2cccc3ccccc23)nc(-n2c3ccccc3c3cc4c(cc32)oc2cc3ccccc3cc24)c1.c1ccc(-c2cccc(-n3c4ccccc4c4cc5c(cc43)c3c4ccccc4ccc3n5-c3cccc(-c4ccccc4)c3)c2)cc1. The first-order valence-electron chi connectivity index (χ1n) is 47.6. The molecule has 0 bridgehead atoms. The van der Waals surface area contributed by atoms with Gasteiger partial charge in [0.25, 0.3) is 0 Å².